The van der Waals surface area contributed by atoms with Crippen molar-refractivity contribution in [2.24, 2.45) is 0 Å². The molecule has 0 atom stereocenters. The van der Waals surface area contributed by atoms with Crippen molar-refractivity contribution in [2.45, 2.75) is 19.4 Å². The first-order chi connectivity index (χ1) is 12.7. The van der Waals surface area contributed by atoms with Gasteiger partial charge in [0, 0.05) is 18.9 Å². The van der Waals surface area contributed by atoms with E-state index in [4.69, 9.17) is 16.3 Å². The van der Waals surface area contributed by atoms with E-state index < -0.39 is 5.56 Å². The Morgan fingerprint density at radius 2 is 1.92 bits per heavy atom. The maximum atomic E-state index is 11.8. The Kier molecular flexibility index (Phi) is 6.22. The summed E-state index contributed by atoms with van der Waals surface area (Å²) in [4.78, 5) is 15.8. The Labute approximate surface area is 156 Å². The van der Waals surface area contributed by atoms with E-state index in [1.54, 1.807) is 12.4 Å². The molecule has 0 saturated heterocycles. The van der Waals surface area contributed by atoms with E-state index in [-0.39, 0.29) is 10.9 Å². The van der Waals surface area contributed by atoms with Gasteiger partial charge in [0.25, 0.3) is 11.4 Å². The first-order valence-electron chi connectivity index (χ1n) is 8.31. The topological polar surface area (TPSA) is 79.9 Å². The van der Waals surface area contributed by atoms with E-state index in [1.165, 1.54) is 5.56 Å². The van der Waals surface area contributed by atoms with Gasteiger partial charge in [0.1, 0.15) is 10.7 Å². The molecule has 0 aliphatic carbocycles. The lowest BCUT2D eigenvalue weighted by Crippen LogP contribution is -2.15. The van der Waals surface area contributed by atoms with E-state index in [0.29, 0.717) is 18.8 Å². The lowest BCUT2D eigenvalue weighted by Gasteiger charge is -2.13. The molecule has 0 radical (unpaired) electrons. The molecule has 0 unspecified atom stereocenters. The third kappa shape index (κ3) is 4.83. The molecule has 0 amide bonds. The van der Waals surface area contributed by atoms with Crippen molar-refractivity contribution in [3.63, 3.8) is 0 Å². The number of nitrogens with zero attached hydrogens (tertiary/aromatic N) is 2. The van der Waals surface area contributed by atoms with Crippen LogP contribution in [0.4, 0.5) is 5.69 Å². The Morgan fingerprint density at radius 1 is 1.12 bits per heavy atom. The molecule has 7 heteroatoms. The Hall–Kier alpha value is -2.86. The van der Waals surface area contributed by atoms with Crippen LogP contribution in [0, 0.1) is 0 Å². The molecular weight excluding hydrogens is 352 g/mol. The average molecular weight is 371 g/mol. The van der Waals surface area contributed by atoms with Crippen molar-refractivity contribution in [1.82, 2.24) is 15.2 Å². The summed E-state index contributed by atoms with van der Waals surface area (Å²) >= 11 is 6.13. The fourth-order valence-corrected chi connectivity index (χ4v) is 2.64. The van der Waals surface area contributed by atoms with Crippen LogP contribution >= 0.6 is 11.6 Å². The molecule has 0 bridgehead atoms. The summed E-state index contributed by atoms with van der Waals surface area (Å²) in [6.45, 7) is 0.922. The standard InChI is InChI=1S/C19H19ClN4O2/c20-16-17(22-13-15-8-4-10-21-12-15)19(24-23-18(16)25)26-11-5-9-14-6-2-1-3-7-14/h1-4,6-8,10,12H,5,9,11,13H2,(H2,22,23,25). The van der Waals surface area contributed by atoms with Gasteiger partial charge in [-0.15, -0.1) is 5.10 Å². The van der Waals surface area contributed by atoms with Crippen molar-refractivity contribution in [3.05, 3.63) is 81.4 Å². The summed E-state index contributed by atoms with van der Waals surface area (Å²) in [6, 6.07) is 13.9. The van der Waals surface area contributed by atoms with Crippen LogP contribution in [0.2, 0.25) is 5.02 Å². The molecule has 0 saturated carbocycles. The molecule has 3 rings (SSSR count). The molecule has 2 aromatic heterocycles. The number of aromatic amines is 1. The van der Waals surface area contributed by atoms with Crippen LogP contribution in [0.25, 0.3) is 0 Å². The van der Waals surface area contributed by atoms with Gasteiger partial charge >= 0.3 is 0 Å². The number of pyridine rings is 1. The summed E-state index contributed by atoms with van der Waals surface area (Å²) < 4.78 is 5.74. The minimum atomic E-state index is -0.461. The van der Waals surface area contributed by atoms with Gasteiger partial charge in [-0.05, 0) is 30.0 Å². The smallest absolute Gasteiger partial charge is 0.285 e. The number of ether oxygens (including phenoxy) is 1. The fraction of sp³-hybridized carbons (Fsp3) is 0.211. The van der Waals surface area contributed by atoms with Crippen LogP contribution < -0.4 is 15.6 Å². The second-order valence-electron chi connectivity index (χ2n) is 5.70. The number of rotatable bonds is 8. The molecule has 134 valence electrons. The van der Waals surface area contributed by atoms with Crippen LogP contribution in [-0.4, -0.2) is 21.8 Å². The van der Waals surface area contributed by atoms with Gasteiger partial charge in [-0.25, -0.2) is 5.10 Å². The monoisotopic (exact) mass is 370 g/mol. The zero-order chi connectivity index (χ0) is 18.2. The summed E-state index contributed by atoms with van der Waals surface area (Å²) in [5.41, 5.74) is 2.13. The van der Waals surface area contributed by atoms with Gasteiger partial charge in [-0.2, -0.15) is 0 Å². The normalized spacial score (nSPS) is 10.5. The molecule has 0 aliphatic rings. The number of aryl methyl sites for hydroxylation is 1. The second kappa shape index (κ2) is 9.01. The molecule has 3 aromatic rings. The number of anilines is 1. The van der Waals surface area contributed by atoms with Crippen molar-refractivity contribution < 1.29 is 4.74 Å². The highest BCUT2D eigenvalue weighted by atomic mass is 35.5. The van der Waals surface area contributed by atoms with Crippen molar-refractivity contribution in [2.75, 3.05) is 11.9 Å². The number of nitrogens with one attached hydrogen (secondary N) is 2. The highest BCUT2D eigenvalue weighted by molar-refractivity contribution is 6.33. The SMILES string of the molecule is O=c1[nH]nc(OCCCc2ccccc2)c(NCc2cccnc2)c1Cl. The molecule has 0 spiro atoms. The van der Waals surface area contributed by atoms with E-state index in [1.807, 2.05) is 30.3 Å². The van der Waals surface area contributed by atoms with E-state index in [9.17, 15) is 4.79 Å². The number of aromatic nitrogens is 3. The minimum absolute atomic E-state index is 0.0296. The molecule has 0 aliphatic heterocycles. The van der Waals surface area contributed by atoms with Gasteiger partial charge in [0.05, 0.1) is 6.61 Å². The first kappa shape index (κ1) is 17.9. The summed E-state index contributed by atoms with van der Waals surface area (Å²) in [6.07, 6.45) is 5.16. The van der Waals surface area contributed by atoms with E-state index in [0.717, 1.165) is 18.4 Å². The molecule has 26 heavy (non-hydrogen) atoms. The largest absolute Gasteiger partial charge is 0.475 e. The van der Waals surface area contributed by atoms with Gasteiger partial charge in [-0.1, -0.05) is 48.0 Å². The van der Waals surface area contributed by atoms with Gasteiger partial charge in [0.15, 0.2) is 0 Å². The zero-order valence-electron chi connectivity index (χ0n) is 14.1. The zero-order valence-corrected chi connectivity index (χ0v) is 14.9. The molecule has 6 nitrogen and oxygen atoms in total. The number of H-pyrrole nitrogens is 1. The lowest BCUT2D eigenvalue weighted by molar-refractivity contribution is 0.297. The van der Waals surface area contributed by atoms with Crippen LogP contribution in [0.3, 0.4) is 0 Å². The summed E-state index contributed by atoms with van der Waals surface area (Å²) in [7, 11) is 0. The van der Waals surface area contributed by atoms with Crippen LogP contribution in [-0.2, 0) is 13.0 Å². The molecule has 2 heterocycles. The quantitative estimate of drug-likeness (QED) is 0.594. The molecular formula is C19H19ClN4O2. The second-order valence-corrected chi connectivity index (χ2v) is 6.08. The van der Waals surface area contributed by atoms with Gasteiger partial charge in [0.2, 0.25) is 0 Å². The number of halogens is 1. The highest BCUT2D eigenvalue weighted by Crippen LogP contribution is 2.27. The maximum absolute atomic E-state index is 11.8. The third-order valence-corrected chi connectivity index (χ3v) is 4.14. The first-order valence-corrected chi connectivity index (χ1v) is 8.69. The van der Waals surface area contributed by atoms with Crippen molar-refractivity contribution >= 4 is 17.3 Å². The Balaban J connectivity index is 1.62. The predicted octanol–water partition coefficient (Wildman–Crippen LogP) is 3.44. The molecule has 1 aromatic carbocycles. The molecule has 0 fully saturated rings. The van der Waals surface area contributed by atoms with Crippen LogP contribution in [0.15, 0.2) is 59.7 Å². The average Bonchev–Trinajstić information content (AvgIpc) is 2.69. The number of hydrogen-bond donors (Lipinski definition) is 2. The summed E-state index contributed by atoms with van der Waals surface area (Å²) in [5, 5.41) is 9.47. The van der Waals surface area contributed by atoms with E-state index in [2.05, 4.69) is 32.6 Å². The highest BCUT2D eigenvalue weighted by Gasteiger charge is 2.14. The van der Waals surface area contributed by atoms with Crippen molar-refractivity contribution in [1.29, 1.82) is 0 Å². The number of benzene rings is 1. The predicted molar refractivity (Wildman–Crippen MR) is 102 cm³/mol. The minimum Gasteiger partial charge on any atom is -0.475 e. The van der Waals surface area contributed by atoms with E-state index >= 15 is 0 Å². The Morgan fingerprint density at radius 3 is 2.69 bits per heavy atom. The number of hydrogen-bond acceptors (Lipinski definition) is 5. The van der Waals surface area contributed by atoms with Gasteiger partial charge < -0.3 is 10.1 Å². The Bertz CT molecular complexity index is 885. The third-order valence-electron chi connectivity index (χ3n) is 3.78. The van der Waals surface area contributed by atoms with Gasteiger partial charge in [-0.3, -0.25) is 9.78 Å². The van der Waals surface area contributed by atoms with Crippen LogP contribution in [0.5, 0.6) is 5.88 Å². The summed E-state index contributed by atoms with van der Waals surface area (Å²) in [5.74, 6) is 0.284. The lowest BCUT2D eigenvalue weighted by atomic mass is 10.1. The molecule has 2 N–H and O–H groups in total. The fourth-order valence-electron chi connectivity index (χ4n) is 2.45. The maximum Gasteiger partial charge on any atom is 0.285 e. The van der Waals surface area contributed by atoms with Crippen molar-refractivity contribution in [3.8, 4) is 5.88 Å². The van der Waals surface area contributed by atoms with Crippen LogP contribution in [0.1, 0.15) is 17.5 Å².